The number of hydrogen-bond acceptors (Lipinski definition) is 4. The first-order valence-corrected chi connectivity index (χ1v) is 5.37. The molecule has 4 nitrogen and oxygen atoms in total. The van der Waals surface area contributed by atoms with E-state index < -0.39 is 10.1 Å². The van der Waals surface area contributed by atoms with Crippen LogP contribution in [0.5, 0.6) is 5.75 Å². The maximum atomic E-state index is 10.7. The molecule has 15 heavy (non-hydrogen) atoms. The van der Waals surface area contributed by atoms with Gasteiger partial charge in [0.15, 0.2) is 0 Å². The molecule has 0 radical (unpaired) electrons. The molecule has 0 aromatic heterocycles. The topological polar surface area (TPSA) is 66.4 Å². The summed E-state index contributed by atoms with van der Waals surface area (Å²) in [7, 11) is -4.38. The van der Waals surface area contributed by atoms with Gasteiger partial charge in [-0.25, -0.2) is 8.42 Å². The first-order valence-electron chi connectivity index (χ1n) is 3.97. The molecule has 0 saturated heterocycles. The van der Waals surface area contributed by atoms with E-state index in [9.17, 15) is 13.0 Å². The summed E-state index contributed by atoms with van der Waals surface area (Å²) in [6, 6.07) is 4.05. The van der Waals surface area contributed by atoms with Crippen molar-refractivity contribution in [3.63, 3.8) is 0 Å². The molecule has 0 spiro atoms. The minimum absolute atomic E-state index is 0. The van der Waals surface area contributed by atoms with Gasteiger partial charge in [-0.3, -0.25) is 0 Å². The van der Waals surface area contributed by atoms with Gasteiger partial charge >= 0.3 is 29.6 Å². The molecular weight excluding hydrogens is 227 g/mol. The van der Waals surface area contributed by atoms with Crippen LogP contribution in [0.3, 0.4) is 0 Å². The van der Waals surface area contributed by atoms with Gasteiger partial charge in [-0.15, -0.1) is 0 Å². The Hall–Kier alpha value is -0.330. The monoisotopic (exact) mass is 234 g/mol. The Kier molecular flexibility index (Phi) is 3.97. The molecule has 74 valence electrons. The Labute approximate surface area is 110 Å². The van der Waals surface area contributed by atoms with Crippen LogP contribution in [0.2, 0.25) is 0 Å². The molecular formula is C9H7NaO4S. The molecule has 1 aliphatic heterocycles. The second-order valence-electron chi connectivity index (χ2n) is 2.87. The van der Waals surface area contributed by atoms with Crippen LogP contribution < -0.4 is 34.3 Å². The van der Waals surface area contributed by atoms with Gasteiger partial charge in [0.2, 0.25) is 0 Å². The van der Waals surface area contributed by atoms with Crippen LogP contribution >= 0.6 is 0 Å². The zero-order valence-electron chi connectivity index (χ0n) is 8.14. The summed E-state index contributed by atoms with van der Waals surface area (Å²) in [6.07, 6.45) is 3.48. The summed E-state index contributed by atoms with van der Waals surface area (Å²) in [4.78, 5) is -0.230. The fraction of sp³-hybridized carbons (Fsp3) is 0.111. The first-order chi connectivity index (χ1) is 6.57. The average molecular weight is 234 g/mol. The van der Waals surface area contributed by atoms with Crippen LogP contribution in [-0.4, -0.2) is 19.6 Å². The summed E-state index contributed by atoms with van der Waals surface area (Å²) < 4.78 is 37.3. The molecule has 6 heteroatoms. The molecule has 0 atom stereocenters. The second-order valence-corrected chi connectivity index (χ2v) is 4.25. The molecule has 1 aromatic carbocycles. The number of hydrogen-bond donors (Lipinski definition) is 0. The number of benzene rings is 1. The van der Waals surface area contributed by atoms with E-state index in [-0.39, 0.29) is 34.5 Å². The molecule has 0 N–H and O–H groups in total. The van der Waals surface area contributed by atoms with E-state index in [0.29, 0.717) is 17.9 Å². The third-order valence-electron chi connectivity index (χ3n) is 1.90. The number of ether oxygens (including phenoxy) is 1. The maximum absolute atomic E-state index is 10.7. The first kappa shape index (κ1) is 12.7. The molecule has 0 aliphatic carbocycles. The zero-order valence-corrected chi connectivity index (χ0v) is 11.0. The molecule has 0 saturated carbocycles. The minimum Gasteiger partial charge on any atom is -0.744 e. The van der Waals surface area contributed by atoms with Crippen molar-refractivity contribution in [1.82, 2.24) is 0 Å². The van der Waals surface area contributed by atoms with Crippen LogP contribution in [0.25, 0.3) is 6.08 Å². The molecule has 1 heterocycles. The number of fused-ring (bicyclic) bond motifs is 1. The summed E-state index contributed by atoms with van der Waals surface area (Å²) >= 11 is 0. The van der Waals surface area contributed by atoms with E-state index in [1.165, 1.54) is 18.2 Å². The van der Waals surface area contributed by atoms with Crippen molar-refractivity contribution in [2.45, 2.75) is 4.90 Å². The van der Waals surface area contributed by atoms with Gasteiger partial charge in [-0.05, 0) is 24.3 Å². The van der Waals surface area contributed by atoms with Gasteiger partial charge in [-0.1, -0.05) is 6.08 Å². The predicted molar refractivity (Wildman–Crippen MR) is 48.9 cm³/mol. The minimum atomic E-state index is -4.38. The third-order valence-corrected chi connectivity index (χ3v) is 2.73. The Morgan fingerprint density at radius 2 is 2.07 bits per heavy atom. The van der Waals surface area contributed by atoms with E-state index in [2.05, 4.69) is 0 Å². The van der Waals surface area contributed by atoms with Crippen LogP contribution in [0.1, 0.15) is 5.56 Å². The Bertz CT molecular complexity index is 493. The summed E-state index contributed by atoms with van der Waals surface area (Å²) in [5.41, 5.74) is 0.619. The Morgan fingerprint density at radius 3 is 2.73 bits per heavy atom. The Balaban J connectivity index is 0.00000112. The molecule has 0 fully saturated rings. The second kappa shape index (κ2) is 4.67. The fourth-order valence-electron chi connectivity index (χ4n) is 1.26. The van der Waals surface area contributed by atoms with Gasteiger partial charge < -0.3 is 9.29 Å². The van der Waals surface area contributed by atoms with Crippen molar-refractivity contribution in [2.75, 3.05) is 6.61 Å². The fourth-order valence-corrected chi connectivity index (χ4v) is 1.76. The largest absolute Gasteiger partial charge is 1.00 e. The normalized spacial score (nSPS) is 13.7. The van der Waals surface area contributed by atoms with Gasteiger partial charge in [0.1, 0.15) is 22.5 Å². The molecule has 1 aromatic rings. The molecule has 0 amide bonds. The van der Waals surface area contributed by atoms with E-state index >= 15 is 0 Å². The Morgan fingerprint density at radius 1 is 1.33 bits per heavy atom. The van der Waals surface area contributed by atoms with Crippen molar-refractivity contribution in [3.05, 3.63) is 29.8 Å². The third kappa shape index (κ3) is 2.83. The van der Waals surface area contributed by atoms with Crippen LogP contribution in [0.4, 0.5) is 0 Å². The smallest absolute Gasteiger partial charge is 0.744 e. The predicted octanol–water partition coefficient (Wildman–Crippen LogP) is -2.00. The summed E-state index contributed by atoms with van der Waals surface area (Å²) in [5, 5.41) is 0. The summed E-state index contributed by atoms with van der Waals surface area (Å²) in [5.74, 6) is 0.597. The average Bonchev–Trinajstić information content (AvgIpc) is 2.16. The van der Waals surface area contributed by atoms with Gasteiger partial charge in [0.05, 0.1) is 4.90 Å². The standard InChI is InChI=1S/C9H8O4S.Na/c10-14(11,12)8-3-4-9-7(6-8)2-1-5-13-9;/h1-4,6H,5H2,(H,10,11,12);/q;+1/p-1. The van der Waals surface area contributed by atoms with Crippen LogP contribution in [0, 0.1) is 0 Å². The van der Waals surface area contributed by atoms with E-state index in [1.807, 2.05) is 0 Å². The van der Waals surface area contributed by atoms with Gasteiger partial charge in [-0.2, -0.15) is 0 Å². The van der Waals surface area contributed by atoms with E-state index in [4.69, 9.17) is 4.74 Å². The van der Waals surface area contributed by atoms with Crippen LogP contribution in [-0.2, 0) is 10.1 Å². The van der Waals surface area contributed by atoms with Gasteiger partial charge in [0, 0.05) is 5.56 Å². The van der Waals surface area contributed by atoms with E-state index in [1.54, 1.807) is 12.2 Å². The van der Waals surface area contributed by atoms with E-state index in [0.717, 1.165) is 0 Å². The van der Waals surface area contributed by atoms with Crippen molar-refractivity contribution < 1.29 is 47.3 Å². The zero-order chi connectivity index (χ0) is 10.2. The molecule has 1 aliphatic rings. The number of rotatable bonds is 1. The van der Waals surface area contributed by atoms with Crippen LogP contribution in [0.15, 0.2) is 29.2 Å². The maximum Gasteiger partial charge on any atom is 1.00 e. The summed E-state index contributed by atoms with van der Waals surface area (Å²) in [6.45, 7) is 0.469. The molecule has 2 rings (SSSR count). The molecule has 0 unspecified atom stereocenters. The van der Waals surface area contributed by atoms with Crippen molar-refractivity contribution in [2.24, 2.45) is 0 Å². The van der Waals surface area contributed by atoms with Crippen molar-refractivity contribution in [1.29, 1.82) is 0 Å². The molecule has 0 bridgehead atoms. The SMILES string of the molecule is O=S(=O)([O-])c1ccc2c(c1)C=CCO2.[Na+]. The van der Waals surface area contributed by atoms with Gasteiger partial charge in [0.25, 0.3) is 0 Å². The van der Waals surface area contributed by atoms with Crippen molar-refractivity contribution >= 4 is 16.2 Å². The quantitative estimate of drug-likeness (QED) is 0.416. The van der Waals surface area contributed by atoms with Crippen molar-refractivity contribution in [3.8, 4) is 5.75 Å².